The van der Waals surface area contributed by atoms with E-state index >= 15 is 0 Å². The second kappa shape index (κ2) is 8.43. The molecule has 0 aliphatic carbocycles. The summed E-state index contributed by atoms with van der Waals surface area (Å²) >= 11 is 0. The van der Waals surface area contributed by atoms with Crippen molar-refractivity contribution in [3.05, 3.63) is 109 Å². The first kappa shape index (κ1) is 19.6. The van der Waals surface area contributed by atoms with Gasteiger partial charge in [-0.05, 0) is 48.5 Å². The Morgan fingerprint density at radius 3 is 1.25 bits per heavy atom. The standard InChI is InChI=1S/2C13H8FNO/c2*14-10-6-2-1-5-9(10)13-15-11-7-3-4-8-12(11)16-13/h2*1-8H. The monoisotopic (exact) mass is 426 g/mol. The van der Waals surface area contributed by atoms with Crippen LogP contribution < -0.4 is 0 Å². The van der Waals surface area contributed by atoms with Crippen molar-refractivity contribution >= 4 is 22.2 Å². The van der Waals surface area contributed by atoms with Gasteiger partial charge in [-0.25, -0.2) is 18.7 Å². The number of aromatic nitrogens is 2. The number of fused-ring (bicyclic) bond motifs is 2. The molecule has 6 rings (SSSR count). The fourth-order valence-corrected chi connectivity index (χ4v) is 3.24. The normalized spacial score (nSPS) is 10.8. The predicted molar refractivity (Wildman–Crippen MR) is 119 cm³/mol. The third-order valence-electron chi connectivity index (χ3n) is 4.80. The average Bonchev–Trinajstić information content (AvgIpc) is 3.44. The van der Waals surface area contributed by atoms with Crippen molar-refractivity contribution in [2.45, 2.75) is 0 Å². The molecule has 0 saturated carbocycles. The Bertz CT molecular complexity index is 1340. The summed E-state index contributed by atoms with van der Waals surface area (Å²) in [7, 11) is 0. The Kier molecular flexibility index (Phi) is 5.17. The minimum absolute atomic E-state index is 0.319. The maximum absolute atomic E-state index is 13.5. The molecule has 0 spiro atoms. The Morgan fingerprint density at radius 2 is 0.844 bits per heavy atom. The van der Waals surface area contributed by atoms with E-state index in [1.165, 1.54) is 12.1 Å². The van der Waals surface area contributed by atoms with Crippen molar-refractivity contribution in [3.8, 4) is 22.9 Å². The van der Waals surface area contributed by atoms with Gasteiger partial charge in [0.05, 0.1) is 11.1 Å². The number of hydrogen-bond acceptors (Lipinski definition) is 4. The van der Waals surface area contributed by atoms with Crippen LogP contribution in [-0.4, -0.2) is 9.97 Å². The quantitative estimate of drug-likeness (QED) is 0.292. The first-order valence-electron chi connectivity index (χ1n) is 9.90. The second-order valence-electron chi connectivity index (χ2n) is 6.93. The van der Waals surface area contributed by atoms with Crippen LogP contribution in [0.2, 0.25) is 0 Å². The van der Waals surface area contributed by atoms with Crippen LogP contribution in [0.5, 0.6) is 0 Å². The molecule has 4 nitrogen and oxygen atoms in total. The lowest BCUT2D eigenvalue weighted by Crippen LogP contribution is -1.82. The molecule has 2 aromatic heterocycles. The van der Waals surface area contributed by atoms with Gasteiger partial charge in [0.15, 0.2) is 11.2 Å². The number of oxazole rings is 2. The molecule has 6 heteroatoms. The molecule has 0 fully saturated rings. The molecule has 0 atom stereocenters. The summed E-state index contributed by atoms with van der Waals surface area (Å²) < 4.78 is 38.0. The zero-order valence-corrected chi connectivity index (χ0v) is 16.7. The zero-order chi connectivity index (χ0) is 21.9. The molecule has 32 heavy (non-hydrogen) atoms. The molecule has 0 unspecified atom stereocenters. The van der Waals surface area contributed by atoms with E-state index in [0.29, 0.717) is 34.1 Å². The van der Waals surface area contributed by atoms with Crippen LogP contribution in [0.3, 0.4) is 0 Å². The first-order chi connectivity index (χ1) is 15.7. The van der Waals surface area contributed by atoms with Crippen molar-refractivity contribution < 1.29 is 17.6 Å². The van der Waals surface area contributed by atoms with Crippen LogP contribution in [0.25, 0.3) is 45.1 Å². The summed E-state index contributed by atoms with van der Waals surface area (Å²) in [6.07, 6.45) is 0. The third-order valence-corrected chi connectivity index (χ3v) is 4.80. The average molecular weight is 426 g/mol. The number of para-hydroxylation sites is 4. The number of hydrogen-bond donors (Lipinski definition) is 0. The van der Waals surface area contributed by atoms with Gasteiger partial charge in [0.1, 0.15) is 22.7 Å². The van der Waals surface area contributed by atoms with Gasteiger partial charge < -0.3 is 8.83 Å². The van der Waals surface area contributed by atoms with E-state index in [1.807, 2.05) is 48.5 Å². The predicted octanol–water partition coefficient (Wildman–Crippen LogP) is 7.27. The summed E-state index contributed by atoms with van der Waals surface area (Å²) in [4.78, 5) is 8.47. The molecule has 156 valence electrons. The Labute approximate surface area is 181 Å². The highest BCUT2D eigenvalue weighted by Gasteiger charge is 2.12. The van der Waals surface area contributed by atoms with E-state index in [0.717, 1.165) is 11.0 Å². The molecule has 4 aromatic carbocycles. The van der Waals surface area contributed by atoms with Crippen molar-refractivity contribution in [3.63, 3.8) is 0 Å². The van der Waals surface area contributed by atoms with Gasteiger partial charge >= 0.3 is 0 Å². The first-order valence-corrected chi connectivity index (χ1v) is 9.90. The van der Waals surface area contributed by atoms with Crippen molar-refractivity contribution in [2.24, 2.45) is 0 Å². The van der Waals surface area contributed by atoms with Gasteiger partial charge in [-0.1, -0.05) is 48.5 Å². The van der Waals surface area contributed by atoms with Gasteiger partial charge in [0.25, 0.3) is 0 Å². The lowest BCUT2D eigenvalue weighted by Gasteiger charge is -1.95. The van der Waals surface area contributed by atoms with E-state index < -0.39 is 0 Å². The highest BCUT2D eigenvalue weighted by atomic mass is 19.1. The largest absolute Gasteiger partial charge is 0.436 e. The van der Waals surface area contributed by atoms with E-state index in [-0.39, 0.29) is 11.6 Å². The highest BCUT2D eigenvalue weighted by molar-refractivity contribution is 5.76. The maximum Gasteiger partial charge on any atom is 0.230 e. The Morgan fingerprint density at radius 1 is 0.469 bits per heavy atom. The van der Waals surface area contributed by atoms with Gasteiger partial charge in [0.2, 0.25) is 11.8 Å². The lowest BCUT2D eigenvalue weighted by atomic mass is 10.2. The number of rotatable bonds is 2. The van der Waals surface area contributed by atoms with Crippen LogP contribution in [-0.2, 0) is 0 Å². The second-order valence-corrected chi connectivity index (χ2v) is 6.93. The van der Waals surface area contributed by atoms with Crippen LogP contribution in [0.1, 0.15) is 0 Å². The highest BCUT2D eigenvalue weighted by Crippen LogP contribution is 2.26. The van der Waals surface area contributed by atoms with E-state index in [9.17, 15) is 8.78 Å². The summed E-state index contributed by atoms with van der Waals surface area (Å²) in [6.45, 7) is 0. The summed E-state index contributed by atoms with van der Waals surface area (Å²) in [5.74, 6) is -0.0123. The molecule has 0 bridgehead atoms. The third kappa shape index (κ3) is 3.86. The SMILES string of the molecule is Fc1ccccc1-c1nc2ccccc2o1.Fc1ccccc1-c1nc2ccccc2o1. The van der Waals surface area contributed by atoms with Crippen LogP contribution in [0.4, 0.5) is 8.78 Å². The summed E-state index contributed by atoms with van der Waals surface area (Å²) in [5.41, 5.74) is 3.58. The smallest absolute Gasteiger partial charge is 0.230 e. The van der Waals surface area contributed by atoms with Crippen molar-refractivity contribution in [1.29, 1.82) is 0 Å². The zero-order valence-electron chi connectivity index (χ0n) is 16.7. The molecular formula is C26H16F2N2O2. The van der Waals surface area contributed by atoms with Crippen LogP contribution >= 0.6 is 0 Å². The minimum Gasteiger partial charge on any atom is -0.436 e. The molecule has 0 amide bonds. The molecule has 0 saturated heterocycles. The van der Waals surface area contributed by atoms with Crippen molar-refractivity contribution in [2.75, 3.05) is 0 Å². The number of halogens is 2. The maximum atomic E-state index is 13.5. The lowest BCUT2D eigenvalue weighted by molar-refractivity contribution is 0.593. The topological polar surface area (TPSA) is 52.1 Å². The minimum atomic E-state index is -0.325. The molecule has 0 N–H and O–H groups in total. The number of benzene rings is 4. The molecular weight excluding hydrogens is 410 g/mol. The molecule has 2 heterocycles. The van der Waals surface area contributed by atoms with Gasteiger partial charge in [-0.2, -0.15) is 0 Å². The molecule has 6 aromatic rings. The van der Waals surface area contributed by atoms with Gasteiger partial charge in [0, 0.05) is 0 Å². The molecule has 0 aliphatic rings. The summed E-state index contributed by atoms with van der Waals surface area (Å²) in [5, 5.41) is 0. The fraction of sp³-hybridized carbons (Fsp3) is 0. The summed E-state index contributed by atoms with van der Waals surface area (Å²) in [6, 6.07) is 27.6. The van der Waals surface area contributed by atoms with E-state index in [4.69, 9.17) is 8.83 Å². The van der Waals surface area contributed by atoms with Crippen LogP contribution in [0.15, 0.2) is 106 Å². The van der Waals surface area contributed by atoms with Gasteiger partial charge in [-0.15, -0.1) is 0 Å². The van der Waals surface area contributed by atoms with Gasteiger partial charge in [-0.3, -0.25) is 0 Å². The van der Waals surface area contributed by atoms with Crippen molar-refractivity contribution in [1.82, 2.24) is 9.97 Å². The van der Waals surface area contributed by atoms with E-state index in [1.54, 1.807) is 36.4 Å². The van der Waals surface area contributed by atoms with Crippen LogP contribution in [0, 0.1) is 11.6 Å². The fourth-order valence-electron chi connectivity index (χ4n) is 3.24. The molecule has 0 radical (unpaired) electrons. The Hall–Kier alpha value is -4.32. The molecule has 0 aliphatic heterocycles. The Balaban J connectivity index is 0.000000135. The number of nitrogens with zero attached hydrogens (tertiary/aromatic N) is 2. The van der Waals surface area contributed by atoms with E-state index in [2.05, 4.69) is 9.97 Å².